The molecule has 1 aliphatic rings. The number of hydrogen-bond acceptors (Lipinski definition) is 5. The zero-order valence-electron chi connectivity index (χ0n) is 16.9. The molecule has 1 aromatic rings. The van der Waals surface area contributed by atoms with Gasteiger partial charge in [0, 0.05) is 19.6 Å². The quantitative estimate of drug-likeness (QED) is 0.584. The Morgan fingerprint density at radius 1 is 1.33 bits per heavy atom. The molecule has 27 heavy (non-hydrogen) atoms. The minimum absolute atomic E-state index is 0.137. The summed E-state index contributed by atoms with van der Waals surface area (Å²) >= 11 is 0. The van der Waals surface area contributed by atoms with Crippen LogP contribution in [0.15, 0.2) is 29.3 Å². The van der Waals surface area contributed by atoms with Gasteiger partial charge in [-0.05, 0) is 39.8 Å². The number of rotatable bonds is 6. The third kappa shape index (κ3) is 5.28. The molecule has 0 saturated carbocycles. The lowest BCUT2D eigenvalue weighted by atomic mass is 10.2. The highest BCUT2D eigenvalue weighted by Gasteiger charge is 2.40. The van der Waals surface area contributed by atoms with E-state index in [1.165, 1.54) is 0 Å². The van der Waals surface area contributed by atoms with Gasteiger partial charge in [-0.1, -0.05) is 12.1 Å². The number of hydrogen-bond donors (Lipinski definition) is 1. The van der Waals surface area contributed by atoms with Crippen LogP contribution in [0.4, 0.5) is 0 Å². The summed E-state index contributed by atoms with van der Waals surface area (Å²) in [5, 5.41) is 3.26. The van der Waals surface area contributed by atoms with Gasteiger partial charge in [0.2, 0.25) is 0 Å². The molecule has 0 spiro atoms. The minimum atomic E-state index is -3.09. The van der Waals surface area contributed by atoms with Crippen LogP contribution in [-0.4, -0.2) is 69.2 Å². The normalized spacial score (nSPS) is 20.0. The number of para-hydroxylation sites is 2. The van der Waals surface area contributed by atoms with Crippen LogP contribution in [0.2, 0.25) is 0 Å². The maximum absolute atomic E-state index is 12.2. The second-order valence-corrected chi connectivity index (χ2v) is 10.0. The predicted octanol–water partition coefficient (Wildman–Crippen LogP) is 1.94. The SMILES string of the molecule is CCNC(=NCC(C)Oc1ccccc1OC)N1CCS(=O)(=O)C(C)(C)C1. The highest BCUT2D eigenvalue weighted by Crippen LogP contribution is 2.27. The van der Waals surface area contributed by atoms with Crippen LogP contribution in [0.1, 0.15) is 27.7 Å². The number of benzene rings is 1. The summed E-state index contributed by atoms with van der Waals surface area (Å²) in [6.45, 7) is 9.51. The van der Waals surface area contributed by atoms with Gasteiger partial charge in [-0.3, -0.25) is 0 Å². The number of aliphatic imine (C=N–C) groups is 1. The lowest BCUT2D eigenvalue weighted by Crippen LogP contribution is -2.57. The van der Waals surface area contributed by atoms with Gasteiger partial charge in [-0.25, -0.2) is 13.4 Å². The van der Waals surface area contributed by atoms with Gasteiger partial charge in [-0.15, -0.1) is 0 Å². The van der Waals surface area contributed by atoms with E-state index in [1.54, 1.807) is 21.0 Å². The Balaban J connectivity index is 2.07. The van der Waals surface area contributed by atoms with Gasteiger partial charge in [0.1, 0.15) is 6.10 Å². The van der Waals surface area contributed by atoms with Crippen LogP contribution in [-0.2, 0) is 9.84 Å². The first-order valence-corrected chi connectivity index (χ1v) is 10.9. The molecule has 7 nitrogen and oxygen atoms in total. The molecule has 1 saturated heterocycles. The van der Waals surface area contributed by atoms with Crippen molar-refractivity contribution >= 4 is 15.8 Å². The van der Waals surface area contributed by atoms with E-state index in [0.717, 1.165) is 5.96 Å². The Kier molecular flexibility index (Phi) is 6.97. The molecule has 2 rings (SSSR count). The Labute approximate surface area is 162 Å². The molecule has 8 heteroatoms. The van der Waals surface area contributed by atoms with Crippen molar-refractivity contribution in [3.63, 3.8) is 0 Å². The van der Waals surface area contributed by atoms with E-state index in [9.17, 15) is 8.42 Å². The number of methoxy groups -OCH3 is 1. The molecule has 0 amide bonds. The van der Waals surface area contributed by atoms with Gasteiger partial charge in [-0.2, -0.15) is 0 Å². The van der Waals surface area contributed by atoms with Crippen LogP contribution in [0.3, 0.4) is 0 Å². The molecular formula is C19H31N3O4S. The fraction of sp³-hybridized carbons (Fsp3) is 0.632. The average Bonchev–Trinajstić information content (AvgIpc) is 2.61. The van der Waals surface area contributed by atoms with E-state index in [2.05, 4.69) is 10.3 Å². The van der Waals surface area contributed by atoms with Crippen molar-refractivity contribution in [2.75, 3.05) is 39.0 Å². The van der Waals surface area contributed by atoms with Gasteiger partial charge in [0.25, 0.3) is 0 Å². The first-order chi connectivity index (χ1) is 12.7. The molecule has 1 heterocycles. The molecular weight excluding hydrogens is 366 g/mol. The summed E-state index contributed by atoms with van der Waals surface area (Å²) < 4.78 is 35.0. The monoisotopic (exact) mass is 397 g/mol. The van der Waals surface area contributed by atoms with E-state index in [4.69, 9.17) is 9.47 Å². The van der Waals surface area contributed by atoms with E-state index in [-0.39, 0.29) is 11.9 Å². The average molecular weight is 398 g/mol. The number of sulfone groups is 1. The van der Waals surface area contributed by atoms with Gasteiger partial charge < -0.3 is 19.7 Å². The number of guanidine groups is 1. The molecule has 1 fully saturated rings. The van der Waals surface area contributed by atoms with Crippen LogP contribution in [0.5, 0.6) is 11.5 Å². The highest BCUT2D eigenvalue weighted by molar-refractivity contribution is 7.92. The molecule has 0 aromatic heterocycles. The van der Waals surface area contributed by atoms with Crippen LogP contribution >= 0.6 is 0 Å². The molecule has 1 aromatic carbocycles. The number of nitrogens with zero attached hydrogens (tertiary/aromatic N) is 2. The number of nitrogens with one attached hydrogen (secondary N) is 1. The van der Waals surface area contributed by atoms with Crippen LogP contribution in [0, 0.1) is 0 Å². The van der Waals surface area contributed by atoms with Crippen LogP contribution in [0.25, 0.3) is 0 Å². The van der Waals surface area contributed by atoms with Crippen molar-refractivity contribution in [1.82, 2.24) is 10.2 Å². The fourth-order valence-corrected chi connectivity index (χ4v) is 4.30. The summed E-state index contributed by atoms with van der Waals surface area (Å²) in [5.74, 6) is 2.22. The maximum Gasteiger partial charge on any atom is 0.194 e. The largest absolute Gasteiger partial charge is 0.493 e. The molecule has 152 valence electrons. The van der Waals surface area contributed by atoms with Crippen molar-refractivity contribution in [2.24, 2.45) is 4.99 Å². The molecule has 1 N–H and O–H groups in total. The second-order valence-electron chi connectivity index (χ2n) is 7.27. The Morgan fingerprint density at radius 3 is 2.59 bits per heavy atom. The smallest absolute Gasteiger partial charge is 0.194 e. The lowest BCUT2D eigenvalue weighted by molar-refractivity contribution is 0.218. The number of ether oxygens (including phenoxy) is 2. The summed E-state index contributed by atoms with van der Waals surface area (Å²) in [6.07, 6.45) is -0.156. The first-order valence-electron chi connectivity index (χ1n) is 9.25. The van der Waals surface area contributed by atoms with Crippen LogP contribution < -0.4 is 14.8 Å². The summed E-state index contributed by atoms with van der Waals surface area (Å²) in [7, 11) is -1.47. The Hall–Kier alpha value is -1.96. The third-order valence-corrected chi connectivity index (χ3v) is 7.11. The second kappa shape index (κ2) is 8.82. The molecule has 0 radical (unpaired) electrons. The Bertz CT molecular complexity index is 762. The van der Waals surface area contributed by atoms with Crippen molar-refractivity contribution in [3.8, 4) is 11.5 Å². The van der Waals surface area contributed by atoms with Gasteiger partial charge in [0.05, 0.1) is 24.2 Å². The molecule has 1 unspecified atom stereocenters. The third-order valence-electron chi connectivity index (χ3n) is 4.57. The van der Waals surface area contributed by atoms with E-state index < -0.39 is 14.6 Å². The molecule has 0 bridgehead atoms. The zero-order valence-corrected chi connectivity index (χ0v) is 17.7. The summed E-state index contributed by atoms with van der Waals surface area (Å²) in [6, 6.07) is 7.51. The fourth-order valence-electron chi connectivity index (χ4n) is 2.94. The van der Waals surface area contributed by atoms with E-state index in [1.807, 2.05) is 43.0 Å². The standard InChI is InChI=1S/C19H31N3O4S/c1-6-20-18(22-11-12-27(23,24)19(3,4)14-22)21-13-15(2)26-17-10-8-7-9-16(17)25-5/h7-10,15H,6,11-14H2,1-5H3,(H,20,21). The van der Waals surface area contributed by atoms with Gasteiger partial charge >= 0.3 is 0 Å². The minimum Gasteiger partial charge on any atom is -0.493 e. The molecule has 0 aliphatic carbocycles. The topological polar surface area (TPSA) is 80.2 Å². The van der Waals surface area contributed by atoms with E-state index in [0.29, 0.717) is 37.7 Å². The zero-order chi connectivity index (χ0) is 20.1. The predicted molar refractivity (Wildman–Crippen MR) is 109 cm³/mol. The van der Waals surface area contributed by atoms with Crippen molar-refractivity contribution in [1.29, 1.82) is 0 Å². The Morgan fingerprint density at radius 2 is 2.00 bits per heavy atom. The maximum atomic E-state index is 12.2. The first kappa shape index (κ1) is 21.3. The van der Waals surface area contributed by atoms with Gasteiger partial charge in [0.15, 0.2) is 27.3 Å². The molecule has 1 aliphatic heterocycles. The summed E-state index contributed by atoms with van der Waals surface area (Å²) in [4.78, 5) is 6.69. The summed E-state index contributed by atoms with van der Waals surface area (Å²) in [5.41, 5.74) is 0. The van der Waals surface area contributed by atoms with Crippen molar-refractivity contribution in [3.05, 3.63) is 24.3 Å². The van der Waals surface area contributed by atoms with Crippen molar-refractivity contribution < 1.29 is 17.9 Å². The lowest BCUT2D eigenvalue weighted by Gasteiger charge is -2.39. The highest BCUT2D eigenvalue weighted by atomic mass is 32.2. The molecule has 1 atom stereocenters. The van der Waals surface area contributed by atoms with Crippen molar-refractivity contribution in [2.45, 2.75) is 38.5 Å². The van der Waals surface area contributed by atoms with E-state index >= 15 is 0 Å².